The van der Waals surface area contributed by atoms with E-state index >= 15 is 0 Å². The lowest BCUT2D eigenvalue weighted by Crippen LogP contribution is -2.22. The minimum Gasteiger partial charge on any atom is -0.494 e. The monoisotopic (exact) mass is 861 g/mol. The van der Waals surface area contributed by atoms with Gasteiger partial charge in [0.05, 0.1) is 30.8 Å². The number of esters is 2. The van der Waals surface area contributed by atoms with Crippen molar-refractivity contribution in [1.82, 2.24) is 19.9 Å². The number of carbonyl (C=O) groups is 2. The molecule has 2 heterocycles. The zero-order valence-corrected chi connectivity index (χ0v) is 38.7. The molecule has 2 aliphatic rings. The summed E-state index contributed by atoms with van der Waals surface area (Å²) in [5.74, 6) is 3.04. The van der Waals surface area contributed by atoms with Crippen molar-refractivity contribution in [2.24, 2.45) is 11.8 Å². The number of aryl methyl sites for hydroxylation is 1. The maximum atomic E-state index is 12.3. The minimum atomic E-state index is -0.154. The Bertz CT molecular complexity index is 1820. The highest BCUT2D eigenvalue weighted by Gasteiger charge is 2.24. The number of nitrogens with zero attached hydrogens (tertiary/aromatic N) is 4. The van der Waals surface area contributed by atoms with Crippen molar-refractivity contribution in [2.75, 3.05) is 6.61 Å². The Labute approximate surface area is 379 Å². The molecule has 0 unspecified atom stereocenters. The molecule has 2 saturated carbocycles. The molecule has 2 aliphatic carbocycles. The van der Waals surface area contributed by atoms with Gasteiger partial charge in [-0.3, -0.25) is 9.59 Å². The van der Waals surface area contributed by atoms with Gasteiger partial charge in [0, 0.05) is 23.5 Å². The Morgan fingerprint density at radius 1 is 0.460 bits per heavy atom. The topological polar surface area (TPSA) is 113 Å². The molecule has 2 fully saturated rings. The second-order valence-electron chi connectivity index (χ2n) is 17.8. The van der Waals surface area contributed by atoms with Gasteiger partial charge in [0.1, 0.15) is 11.5 Å². The summed E-state index contributed by atoms with van der Waals surface area (Å²) < 4.78 is 16.9. The van der Waals surface area contributed by atoms with E-state index in [9.17, 15) is 9.59 Å². The van der Waals surface area contributed by atoms with E-state index in [1.807, 2.05) is 60.9 Å². The van der Waals surface area contributed by atoms with Gasteiger partial charge in [-0.2, -0.15) is 0 Å². The summed E-state index contributed by atoms with van der Waals surface area (Å²) in [5.41, 5.74) is 3.05. The lowest BCUT2D eigenvalue weighted by molar-refractivity contribution is -0.140. The third kappa shape index (κ3) is 18.9. The van der Waals surface area contributed by atoms with Gasteiger partial charge in [0.25, 0.3) is 0 Å². The molecule has 2 aromatic heterocycles. The van der Waals surface area contributed by atoms with E-state index in [2.05, 4.69) is 33.8 Å². The van der Waals surface area contributed by atoms with E-state index in [1.54, 1.807) is 12.4 Å². The van der Waals surface area contributed by atoms with Crippen LogP contribution in [0.15, 0.2) is 73.3 Å². The van der Waals surface area contributed by atoms with Crippen molar-refractivity contribution in [3.63, 3.8) is 0 Å². The molecule has 0 spiro atoms. The Morgan fingerprint density at radius 3 is 1.33 bits per heavy atom. The summed E-state index contributed by atoms with van der Waals surface area (Å²) in [6, 6.07) is 15.4. The van der Waals surface area contributed by atoms with Gasteiger partial charge in [0.15, 0.2) is 17.4 Å². The summed E-state index contributed by atoms with van der Waals surface area (Å²) >= 11 is 0. The quantitative estimate of drug-likeness (QED) is 0.0365. The van der Waals surface area contributed by atoms with E-state index < -0.39 is 0 Å². The highest BCUT2D eigenvalue weighted by atomic mass is 16.5. The fourth-order valence-electron chi connectivity index (χ4n) is 8.49. The molecule has 0 amide bonds. The van der Waals surface area contributed by atoms with Gasteiger partial charge in [-0.25, -0.2) is 19.9 Å². The van der Waals surface area contributed by atoms with Crippen LogP contribution in [-0.4, -0.2) is 38.5 Å². The number of unbranched alkanes of at least 4 members (excludes halogenated alkanes) is 14. The molecular weight excluding hydrogens is 785 g/mol. The van der Waals surface area contributed by atoms with Gasteiger partial charge < -0.3 is 14.2 Å². The predicted molar refractivity (Wildman–Crippen MR) is 254 cm³/mol. The Morgan fingerprint density at radius 2 is 0.857 bits per heavy atom. The van der Waals surface area contributed by atoms with Crippen LogP contribution >= 0.6 is 0 Å². The van der Waals surface area contributed by atoms with Crippen LogP contribution in [0.5, 0.6) is 17.2 Å². The number of ether oxygens (including phenoxy) is 3. The van der Waals surface area contributed by atoms with Crippen LogP contribution in [0.2, 0.25) is 0 Å². The van der Waals surface area contributed by atoms with Crippen molar-refractivity contribution < 1.29 is 23.8 Å². The molecule has 9 heteroatoms. The Kier molecular flexibility index (Phi) is 23.2. The maximum absolute atomic E-state index is 12.3. The number of hydrogen-bond acceptors (Lipinski definition) is 9. The molecule has 0 aliphatic heterocycles. The number of carbonyl (C=O) groups excluding carboxylic acids is 2. The zero-order chi connectivity index (χ0) is 44.2. The summed E-state index contributed by atoms with van der Waals surface area (Å²) in [6.45, 7) is 5.27. The smallest absolute Gasteiger partial charge is 0.314 e. The first-order chi connectivity index (χ1) is 31.0. The third-order valence-electron chi connectivity index (χ3n) is 12.5. The second kappa shape index (κ2) is 29.7. The molecule has 4 aromatic rings. The average Bonchev–Trinajstić information content (AvgIpc) is 3.33. The van der Waals surface area contributed by atoms with Gasteiger partial charge in [0.2, 0.25) is 0 Å². The minimum absolute atomic E-state index is 0.0155. The molecule has 0 radical (unpaired) electrons. The molecule has 0 saturated heterocycles. The lowest BCUT2D eigenvalue weighted by atomic mass is 9.89. The standard InChI is InChI=1S/C27H38N2O3.C27H38N2O2/c1-2-3-4-5-6-7-8-12-19-31-24-17-15-22(16-18-24)26-28-20-25(21-29-26)32-27(30)23-13-10-9-11-14-23;1-2-3-4-5-6-7-8-10-13-22-20-28-26(29-21-22)23-16-18-25(19-17-23)31-27(30)24-14-11-9-12-15-24/h15-18,20-21,23H,2-14,19H2,1H3;16-21,24H,2-15H2,1H3. The van der Waals surface area contributed by atoms with Crippen LogP contribution in [0, 0.1) is 11.8 Å². The Balaban J connectivity index is 0.000000238. The fraction of sp³-hybridized carbons (Fsp3) is 0.593. The van der Waals surface area contributed by atoms with Crippen molar-refractivity contribution in [3.8, 4) is 40.0 Å². The molecular formula is C54H76N4O5. The van der Waals surface area contributed by atoms with Crippen LogP contribution in [-0.2, 0) is 16.0 Å². The van der Waals surface area contributed by atoms with Crippen molar-refractivity contribution in [2.45, 2.75) is 187 Å². The van der Waals surface area contributed by atoms with Gasteiger partial charge in [-0.15, -0.1) is 0 Å². The second-order valence-corrected chi connectivity index (χ2v) is 17.8. The van der Waals surface area contributed by atoms with Crippen molar-refractivity contribution in [3.05, 3.63) is 78.9 Å². The highest BCUT2D eigenvalue weighted by Crippen LogP contribution is 2.28. The average molecular weight is 861 g/mol. The Hall–Kier alpha value is -4.66. The van der Waals surface area contributed by atoms with Crippen LogP contribution < -0.4 is 14.2 Å². The predicted octanol–water partition coefficient (Wildman–Crippen LogP) is 14.5. The molecule has 342 valence electrons. The summed E-state index contributed by atoms with van der Waals surface area (Å²) in [7, 11) is 0. The molecule has 63 heavy (non-hydrogen) atoms. The van der Waals surface area contributed by atoms with E-state index in [0.717, 1.165) is 87.7 Å². The van der Waals surface area contributed by atoms with Crippen LogP contribution in [0.1, 0.15) is 186 Å². The van der Waals surface area contributed by atoms with Crippen LogP contribution in [0.25, 0.3) is 22.8 Å². The summed E-state index contributed by atoms with van der Waals surface area (Å²) in [5, 5.41) is 0. The van der Waals surface area contributed by atoms with E-state index in [0.29, 0.717) is 23.1 Å². The van der Waals surface area contributed by atoms with E-state index in [1.165, 1.54) is 115 Å². The largest absolute Gasteiger partial charge is 0.494 e. The van der Waals surface area contributed by atoms with Crippen molar-refractivity contribution in [1.29, 1.82) is 0 Å². The number of rotatable bonds is 25. The lowest BCUT2D eigenvalue weighted by Gasteiger charge is -2.19. The number of aromatic nitrogens is 4. The number of hydrogen-bond donors (Lipinski definition) is 0. The maximum Gasteiger partial charge on any atom is 0.314 e. The van der Waals surface area contributed by atoms with Crippen LogP contribution in [0.3, 0.4) is 0 Å². The van der Waals surface area contributed by atoms with Gasteiger partial charge >= 0.3 is 11.9 Å². The molecule has 0 bridgehead atoms. The summed E-state index contributed by atoms with van der Waals surface area (Å²) in [6.07, 6.45) is 39.8. The summed E-state index contributed by atoms with van der Waals surface area (Å²) in [4.78, 5) is 42.4. The van der Waals surface area contributed by atoms with Gasteiger partial charge in [-0.05, 0) is 99.0 Å². The fourth-order valence-corrected chi connectivity index (χ4v) is 8.49. The number of benzene rings is 2. The first kappa shape index (κ1) is 49.4. The molecule has 6 rings (SSSR count). The first-order valence-corrected chi connectivity index (χ1v) is 24.9. The van der Waals surface area contributed by atoms with Gasteiger partial charge in [-0.1, -0.05) is 142 Å². The SMILES string of the molecule is CCCCCCCCCCOc1ccc(-c2ncc(OC(=O)C3CCCCC3)cn2)cc1.CCCCCCCCCCc1cnc(-c2ccc(OC(=O)C3CCCCC3)cc2)nc1. The van der Waals surface area contributed by atoms with E-state index in [-0.39, 0.29) is 23.8 Å². The molecule has 2 aromatic carbocycles. The van der Waals surface area contributed by atoms with Crippen LogP contribution in [0.4, 0.5) is 0 Å². The van der Waals surface area contributed by atoms with Crippen molar-refractivity contribution >= 4 is 11.9 Å². The molecule has 0 N–H and O–H groups in total. The zero-order valence-electron chi connectivity index (χ0n) is 38.7. The van der Waals surface area contributed by atoms with E-state index in [4.69, 9.17) is 14.2 Å². The third-order valence-corrected chi connectivity index (χ3v) is 12.5. The molecule has 9 nitrogen and oxygen atoms in total. The molecule has 0 atom stereocenters. The normalized spacial score (nSPS) is 14.4. The highest BCUT2D eigenvalue weighted by molar-refractivity contribution is 5.76. The first-order valence-electron chi connectivity index (χ1n) is 24.9.